The Bertz CT molecular complexity index is 525. The fourth-order valence-electron chi connectivity index (χ4n) is 2.05. The molecular formula is C15H20ClN3O2. The minimum absolute atomic E-state index is 0.243. The molecule has 1 aliphatic rings. The van der Waals surface area contributed by atoms with Crippen LogP contribution < -0.4 is 0 Å². The molecule has 114 valence electrons. The summed E-state index contributed by atoms with van der Waals surface area (Å²) in [6.45, 7) is 6.96. The maximum Gasteiger partial charge on any atom is 0.410 e. The fourth-order valence-corrected chi connectivity index (χ4v) is 2.15. The molecule has 1 aromatic heterocycles. The maximum absolute atomic E-state index is 12.0. The van der Waals surface area contributed by atoms with Crippen molar-refractivity contribution in [1.82, 2.24) is 14.9 Å². The molecule has 0 aromatic carbocycles. The first kappa shape index (κ1) is 15.8. The summed E-state index contributed by atoms with van der Waals surface area (Å²) in [6, 6.07) is 0. The molecule has 1 aromatic rings. The number of amides is 1. The summed E-state index contributed by atoms with van der Waals surface area (Å²) < 4.78 is 5.37. The molecule has 0 bridgehead atoms. The lowest BCUT2D eigenvalue weighted by atomic mass is 10.0. The highest BCUT2D eigenvalue weighted by atomic mass is 35.5. The number of nitrogens with zero attached hydrogens (tertiary/aromatic N) is 3. The Morgan fingerprint density at radius 1 is 1.29 bits per heavy atom. The lowest BCUT2D eigenvalue weighted by molar-refractivity contribution is 0.0237. The van der Waals surface area contributed by atoms with Crippen LogP contribution in [0.15, 0.2) is 18.0 Å². The number of carbonyl (C=O) groups excluding carboxylic acids is 1. The molecule has 0 unspecified atom stereocenters. The zero-order valence-corrected chi connectivity index (χ0v) is 13.4. The summed E-state index contributed by atoms with van der Waals surface area (Å²) in [5, 5.41) is 0.386. The summed E-state index contributed by atoms with van der Waals surface area (Å²) in [6.07, 6.45) is 6.59. The topological polar surface area (TPSA) is 55.3 Å². The molecule has 5 nitrogen and oxygen atoms in total. The molecule has 1 fully saturated rings. The number of likely N-dealkylation sites (tertiary alicyclic amines) is 1. The molecule has 2 rings (SSSR count). The second kappa shape index (κ2) is 6.43. The van der Waals surface area contributed by atoms with Crippen LogP contribution in [0, 0.1) is 0 Å². The van der Waals surface area contributed by atoms with Crippen LogP contribution in [0.25, 0.3) is 6.08 Å². The van der Waals surface area contributed by atoms with E-state index in [2.05, 4.69) is 9.97 Å². The standard InChI is InChI=1S/C15H20ClN3O2/c1-15(2,3)21-14(20)19-6-4-11(5-7-19)8-12-9-18-13(16)10-17-12/h8-10H,4-7H2,1-3H3. The molecular weight excluding hydrogens is 290 g/mol. The molecule has 0 N–H and O–H groups in total. The third-order valence-corrected chi connectivity index (χ3v) is 3.24. The number of rotatable bonds is 1. The first-order valence-electron chi connectivity index (χ1n) is 6.98. The Balaban J connectivity index is 1.91. The van der Waals surface area contributed by atoms with Gasteiger partial charge in [0.25, 0.3) is 0 Å². The van der Waals surface area contributed by atoms with Crippen LogP contribution in [-0.4, -0.2) is 39.7 Å². The van der Waals surface area contributed by atoms with E-state index in [1.807, 2.05) is 26.8 Å². The van der Waals surface area contributed by atoms with Crippen molar-refractivity contribution in [3.05, 3.63) is 28.8 Å². The SMILES string of the molecule is CC(C)(C)OC(=O)N1CCC(=Cc2cnc(Cl)cn2)CC1. The van der Waals surface area contributed by atoms with Crippen LogP contribution in [0.3, 0.4) is 0 Å². The summed E-state index contributed by atoms with van der Waals surface area (Å²) in [5.74, 6) is 0. The van der Waals surface area contributed by atoms with Crippen LogP contribution in [-0.2, 0) is 4.74 Å². The van der Waals surface area contributed by atoms with E-state index in [1.165, 1.54) is 11.8 Å². The summed E-state index contributed by atoms with van der Waals surface area (Å²) in [7, 11) is 0. The van der Waals surface area contributed by atoms with Gasteiger partial charge in [0.1, 0.15) is 10.8 Å². The first-order valence-corrected chi connectivity index (χ1v) is 7.36. The van der Waals surface area contributed by atoms with Gasteiger partial charge in [0.2, 0.25) is 0 Å². The highest BCUT2D eigenvalue weighted by molar-refractivity contribution is 6.29. The van der Waals surface area contributed by atoms with Gasteiger partial charge in [-0.15, -0.1) is 0 Å². The molecule has 0 saturated carbocycles. The number of hydrogen-bond acceptors (Lipinski definition) is 4. The van der Waals surface area contributed by atoms with Gasteiger partial charge < -0.3 is 9.64 Å². The summed E-state index contributed by atoms with van der Waals surface area (Å²) >= 11 is 5.71. The van der Waals surface area contributed by atoms with Crippen LogP contribution in [0.5, 0.6) is 0 Å². The Labute approximate surface area is 130 Å². The van der Waals surface area contributed by atoms with E-state index in [0.717, 1.165) is 18.5 Å². The Kier molecular flexibility index (Phi) is 4.83. The van der Waals surface area contributed by atoms with E-state index in [4.69, 9.17) is 16.3 Å². The minimum Gasteiger partial charge on any atom is -0.444 e. The normalized spacial score (nSPS) is 15.8. The smallest absolute Gasteiger partial charge is 0.410 e. The maximum atomic E-state index is 12.0. The van der Waals surface area contributed by atoms with Gasteiger partial charge in [0.05, 0.1) is 18.1 Å². The van der Waals surface area contributed by atoms with Gasteiger partial charge in [-0.2, -0.15) is 0 Å². The molecule has 0 atom stereocenters. The third-order valence-electron chi connectivity index (χ3n) is 3.05. The average molecular weight is 310 g/mol. The molecule has 0 spiro atoms. The molecule has 1 aliphatic heterocycles. The van der Waals surface area contributed by atoms with E-state index in [-0.39, 0.29) is 6.09 Å². The number of ether oxygens (including phenoxy) is 1. The molecule has 1 saturated heterocycles. The van der Waals surface area contributed by atoms with Crippen molar-refractivity contribution in [2.45, 2.75) is 39.2 Å². The second-order valence-corrected chi connectivity index (χ2v) is 6.42. The summed E-state index contributed by atoms with van der Waals surface area (Å²) in [4.78, 5) is 21.9. The Hall–Kier alpha value is -1.62. The largest absolute Gasteiger partial charge is 0.444 e. The van der Waals surface area contributed by atoms with Crippen molar-refractivity contribution in [1.29, 1.82) is 0 Å². The van der Waals surface area contributed by atoms with Gasteiger partial charge in [0.15, 0.2) is 0 Å². The van der Waals surface area contributed by atoms with Crippen molar-refractivity contribution in [2.24, 2.45) is 0 Å². The van der Waals surface area contributed by atoms with Gasteiger partial charge in [-0.1, -0.05) is 17.2 Å². The molecule has 0 aliphatic carbocycles. The number of hydrogen-bond donors (Lipinski definition) is 0. The van der Waals surface area contributed by atoms with E-state index >= 15 is 0 Å². The van der Waals surface area contributed by atoms with Crippen LogP contribution in [0.1, 0.15) is 39.3 Å². The van der Waals surface area contributed by atoms with Gasteiger partial charge in [-0.05, 0) is 39.7 Å². The van der Waals surface area contributed by atoms with Gasteiger partial charge in [-0.25, -0.2) is 9.78 Å². The zero-order chi connectivity index (χ0) is 15.5. The Morgan fingerprint density at radius 2 is 1.95 bits per heavy atom. The third kappa shape index (κ3) is 5.01. The Morgan fingerprint density at radius 3 is 2.48 bits per heavy atom. The molecule has 21 heavy (non-hydrogen) atoms. The van der Waals surface area contributed by atoms with E-state index in [9.17, 15) is 4.79 Å². The summed E-state index contributed by atoms with van der Waals surface area (Å²) in [5.41, 5.74) is 1.60. The predicted octanol–water partition coefficient (Wildman–Crippen LogP) is 3.54. The van der Waals surface area contributed by atoms with Crippen LogP contribution >= 0.6 is 11.6 Å². The fraction of sp³-hybridized carbons (Fsp3) is 0.533. The molecule has 0 radical (unpaired) electrons. The molecule has 2 heterocycles. The van der Waals surface area contributed by atoms with Crippen molar-refractivity contribution in [2.75, 3.05) is 13.1 Å². The minimum atomic E-state index is -0.452. The zero-order valence-electron chi connectivity index (χ0n) is 12.6. The van der Waals surface area contributed by atoms with Crippen molar-refractivity contribution >= 4 is 23.8 Å². The van der Waals surface area contributed by atoms with Crippen molar-refractivity contribution in [3.63, 3.8) is 0 Å². The highest BCUT2D eigenvalue weighted by Crippen LogP contribution is 2.20. The van der Waals surface area contributed by atoms with E-state index in [0.29, 0.717) is 18.2 Å². The van der Waals surface area contributed by atoms with Crippen molar-refractivity contribution < 1.29 is 9.53 Å². The van der Waals surface area contributed by atoms with Crippen molar-refractivity contribution in [3.8, 4) is 0 Å². The van der Waals surface area contributed by atoms with Gasteiger partial charge in [-0.3, -0.25) is 4.98 Å². The molecule has 6 heteroatoms. The molecule has 1 amide bonds. The van der Waals surface area contributed by atoms with E-state index < -0.39 is 5.60 Å². The first-order chi connectivity index (χ1) is 9.83. The quantitative estimate of drug-likeness (QED) is 0.796. The van der Waals surface area contributed by atoms with Crippen LogP contribution in [0.4, 0.5) is 4.79 Å². The van der Waals surface area contributed by atoms with Gasteiger partial charge in [0, 0.05) is 13.1 Å². The van der Waals surface area contributed by atoms with Crippen LogP contribution in [0.2, 0.25) is 5.15 Å². The highest BCUT2D eigenvalue weighted by Gasteiger charge is 2.24. The number of aromatic nitrogens is 2. The van der Waals surface area contributed by atoms with Gasteiger partial charge >= 0.3 is 6.09 Å². The predicted molar refractivity (Wildman–Crippen MR) is 82.1 cm³/mol. The average Bonchev–Trinajstić information content (AvgIpc) is 2.40. The lowest BCUT2D eigenvalue weighted by Gasteiger charge is -2.31. The number of halogens is 1. The number of piperidine rings is 1. The number of carbonyl (C=O) groups is 1. The second-order valence-electron chi connectivity index (χ2n) is 6.03. The lowest BCUT2D eigenvalue weighted by Crippen LogP contribution is -2.40. The monoisotopic (exact) mass is 309 g/mol. The van der Waals surface area contributed by atoms with E-state index in [1.54, 1.807) is 11.1 Å².